The lowest BCUT2D eigenvalue weighted by Crippen LogP contribution is -2.31. The fourth-order valence-electron chi connectivity index (χ4n) is 6.75. The van der Waals surface area contributed by atoms with Gasteiger partial charge in [-0.3, -0.25) is 9.59 Å². The van der Waals surface area contributed by atoms with Crippen molar-refractivity contribution in [2.24, 2.45) is 0 Å². The van der Waals surface area contributed by atoms with E-state index >= 15 is 0 Å². The van der Waals surface area contributed by atoms with Crippen molar-refractivity contribution in [2.45, 2.75) is 70.2 Å². The Morgan fingerprint density at radius 2 is 1.52 bits per heavy atom. The lowest BCUT2D eigenvalue weighted by Gasteiger charge is -2.29. The summed E-state index contributed by atoms with van der Waals surface area (Å²) in [6, 6.07) is 29.8. The minimum Gasteiger partial charge on any atom is -0.492 e. The quantitative estimate of drug-likeness (QED) is 0.0232. The molecule has 58 heavy (non-hydrogen) atoms. The smallest absolute Gasteiger partial charge is 0.343 e. The number of ether oxygens (including phenoxy) is 2. The van der Waals surface area contributed by atoms with Crippen molar-refractivity contribution >= 4 is 44.5 Å². The van der Waals surface area contributed by atoms with Gasteiger partial charge >= 0.3 is 5.97 Å². The molecule has 6 rings (SSSR count). The van der Waals surface area contributed by atoms with Gasteiger partial charge in [-0.15, -0.1) is 5.10 Å². The van der Waals surface area contributed by atoms with Gasteiger partial charge in [-0.2, -0.15) is 12.6 Å². The molecule has 1 aliphatic rings. The summed E-state index contributed by atoms with van der Waals surface area (Å²) < 4.78 is 18.6. The molecule has 2 heterocycles. The maximum absolute atomic E-state index is 14.0. The first-order valence-corrected chi connectivity index (χ1v) is 22.0. The van der Waals surface area contributed by atoms with E-state index in [4.69, 9.17) is 14.0 Å². The number of amides is 2. The third-order valence-electron chi connectivity index (χ3n) is 9.78. The molecule has 304 valence electrons. The Labute approximate surface area is 346 Å². The van der Waals surface area contributed by atoms with Crippen LogP contribution in [0.4, 0.5) is 5.69 Å². The van der Waals surface area contributed by atoms with Crippen molar-refractivity contribution in [1.82, 2.24) is 20.3 Å². The van der Waals surface area contributed by atoms with Gasteiger partial charge in [0.25, 0.3) is 0 Å². The minimum absolute atomic E-state index is 0.000490. The van der Waals surface area contributed by atoms with Gasteiger partial charge in [0.1, 0.15) is 23.8 Å². The van der Waals surface area contributed by atoms with Gasteiger partial charge in [0, 0.05) is 42.9 Å². The van der Waals surface area contributed by atoms with Crippen LogP contribution in [0.3, 0.4) is 0 Å². The number of nitrogens with zero attached hydrogens (tertiary/aromatic N) is 4. The number of nitrogens with one attached hydrogen (secondary N) is 1. The van der Waals surface area contributed by atoms with Crippen LogP contribution in [0, 0.1) is 0 Å². The minimum atomic E-state index is -1.30. The van der Waals surface area contributed by atoms with Crippen LogP contribution in [-0.4, -0.2) is 64.1 Å². The number of carbonyl (C=O) groups excluding carboxylic acids is 3. The van der Waals surface area contributed by atoms with Gasteiger partial charge in [-0.05, 0) is 79.3 Å². The molecule has 4 aromatic carbocycles. The Kier molecular flexibility index (Phi) is 15.9. The van der Waals surface area contributed by atoms with Crippen LogP contribution in [0.5, 0.6) is 11.5 Å². The predicted molar refractivity (Wildman–Crippen MR) is 229 cm³/mol. The number of benzene rings is 4. The summed E-state index contributed by atoms with van der Waals surface area (Å²) >= 11 is 4.26. The van der Waals surface area contributed by atoms with E-state index in [1.54, 1.807) is 43.1 Å². The van der Waals surface area contributed by atoms with Crippen LogP contribution in [0.2, 0.25) is 0 Å². The van der Waals surface area contributed by atoms with Gasteiger partial charge in [0.05, 0.1) is 36.6 Å². The van der Waals surface area contributed by atoms with Crippen LogP contribution < -0.4 is 19.7 Å². The average Bonchev–Trinajstić information content (AvgIpc) is 3.65. The highest BCUT2D eigenvalue weighted by Crippen LogP contribution is 2.41. The summed E-state index contributed by atoms with van der Waals surface area (Å²) in [4.78, 5) is 50.3. The van der Waals surface area contributed by atoms with Crippen molar-refractivity contribution in [3.63, 3.8) is 0 Å². The maximum Gasteiger partial charge on any atom is 0.343 e. The molecule has 0 spiro atoms. The Balaban J connectivity index is 1.05. The van der Waals surface area contributed by atoms with E-state index in [0.29, 0.717) is 74.7 Å². The van der Waals surface area contributed by atoms with Crippen LogP contribution in [0.1, 0.15) is 72.9 Å². The van der Waals surface area contributed by atoms with Crippen molar-refractivity contribution in [3.8, 4) is 34.0 Å². The molecule has 0 saturated carbocycles. The molecule has 0 aliphatic carbocycles. The second kappa shape index (κ2) is 21.6. The zero-order valence-corrected chi connectivity index (χ0v) is 34.5. The molecular weight excluding hydrogens is 774 g/mol. The Hall–Kier alpha value is -5.07. The summed E-state index contributed by atoms with van der Waals surface area (Å²) in [5, 5.41) is 12.2. The molecule has 1 unspecified atom stereocenters. The Morgan fingerprint density at radius 1 is 0.810 bits per heavy atom. The van der Waals surface area contributed by atoms with Crippen LogP contribution >= 0.6 is 21.0 Å². The number of aromatic nitrogens is 3. The average molecular weight is 824 g/mol. The number of rotatable bonds is 20. The van der Waals surface area contributed by atoms with E-state index in [0.717, 1.165) is 65.0 Å². The summed E-state index contributed by atoms with van der Waals surface area (Å²) in [5.41, 5.74) is 6.42. The van der Waals surface area contributed by atoms with Crippen molar-refractivity contribution in [1.29, 1.82) is 0 Å². The van der Waals surface area contributed by atoms with Crippen molar-refractivity contribution in [2.75, 3.05) is 31.3 Å². The number of thiol groups is 1. The van der Waals surface area contributed by atoms with Gasteiger partial charge in [-0.1, -0.05) is 72.7 Å². The number of unbranched alkanes of at least 4 members (excludes halogenated alkanes) is 4. The van der Waals surface area contributed by atoms with Gasteiger partial charge in [0.15, 0.2) is 8.38 Å². The number of hydrogen-bond donors (Lipinski definition) is 3. The highest BCUT2D eigenvalue weighted by molar-refractivity contribution is 7.79. The topological polar surface area (TPSA) is 145 Å². The summed E-state index contributed by atoms with van der Waals surface area (Å²) in [7, 11) is -1.30. The molecule has 1 aliphatic heterocycles. The molecule has 5 aromatic rings. The van der Waals surface area contributed by atoms with Crippen LogP contribution in [0.15, 0.2) is 97.1 Å². The highest BCUT2D eigenvalue weighted by atomic mass is 32.1. The van der Waals surface area contributed by atoms with E-state index in [9.17, 15) is 19.3 Å². The predicted octanol–water partition coefficient (Wildman–Crippen LogP) is 8.37. The van der Waals surface area contributed by atoms with Gasteiger partial charge in [0.2, 0.25) is 11.8 Å². The first kappa shape index (κ1) is 42.5. The number of hydrogen-bond acceptors (Lipinski definition) is 10. The van der Waals surface area contributed by atoms with E-state index in [1.165, 1.54) is 0 Å². The fourth-order valence-corrected chi connectivity index (χ4v) is 7.35. The van der Waals surface area contributed by atoms with E-state index in [-0.39, 0.29) is 18.4 Å². The molecule has 0 fully saturated rings. The molecule has 1 atom stereocenters. The van der Waals surface area contributed by atoms with E-state index in [2.05, 4.69) is 28.3 Å². The molecule has 2 amide bonds. The molecule has 14 heteroatoms. The lowest BCUT2D eigenvalue weighted by atomic mass is 9.95. The fraction of sp³-hybridized carbons (Fsp3) is 0.341. The van der Waals surface area contributed by atoms with E-state index < -0.39 is 14.3 Å². The largest absolute Gasteiger partial charge is 0.492 e. The lowest BCUT2D eigenvalue weighted by molar-refractivity contribution is -0.122. The highest BCUT2D eigenvalue weighted by Gasteiger charge is 2.29. The van der Waals surface area contributed by atoms with E-state index in [1.807, 2.05) is 70.2 Å². The van der Waals surface area contributed by atoms with Gasteiger partial charge in [-0.25, -0.2) is 9.48 Å². The summed E-state index contributed by atoms with van der Waals surface area (Å²) in [5.74, 6) is 1.17. The SMILES string of the molecule is CP(O)OCCCCCCNC(=O)CCCCC(=O)N1Cc2ccccc2-c2nnn(CCOc3ccc(C(=O)Oc4ccc(CS)cc4)cc3)c2-c2ccccc21. The molecule has 12 nitrogen and oxygen atoms in total. The Bertz CT molecular complexity index is 2130. The maximum atomic E-state index is 14.0. The zero-order chi connectivity index (χ0) is 40.7. The monoisotopic (exact) mass is 823 g/mol. The molecule has 0 bridgehead atoms. The summed E-state index contributed by atoms with van der Waals surface area (Å²) in [6.07, 6.45) is 5.64. The first-order chi connectivity index (χ1) is 28.3. The molecular formula is C44H50N5O7PS. The molecule has 0 saturated heterocycles. The number of para-hydroxylation sites is 1. The Morgan fingerprint density at radius 3 is 2.29 bits per heavy atom. The molecule has 0 radical (unpaired) electrons. The normalized spacial score (nSPS) is 12.4. The second-order valence-electron chi connectivity index (χ2n) is 14.0. The summed E-state index contributed by atoms with van der Waals surface area (Å²) in [6.45, 7) is 3.88. The third-order valence-corrected chi connectivity index (χ3v) is 10.7. The van der Waals surface area contributed by atoms with Crippen molar-refractivity contribution in [3.05, 3.63) is 114 Å². The zero-order valence-electron chi connectivity index (χ0n) is 32.7. The number of anilines is 1. The van der Waals surface area contributed by atoms with Crippen molar-refractivity contribution < 1.29 is 33.3 Å². The second-order valence-corrected chi connectivity index (χ2v) is 15.5. The first-order valence-electron chi connectivity index (χ1n) is 19.7. The van der Waals surface area contributed by atoms with Gasteiger partial charge < -0.3 is 29.1 Å². The number of esters is 1. The number of fused-ring (bicyclic) bond motifs is 5. The van der Waals surface area contributed by atoms with Crippen LogP contribution in [0.25, 0.3) is 22.5 Å². The third kappa shape index (κ3) is 11.8. The molecule has 1 aromatic heterocycles. The molecule has 2 N–H and O–H groups in total. The standard InChI is InChI=1S/C44H50N5O7PS/c1-57(53)55-28-11-3-2-10-26-45-40(50)16-8-9-17-41(51)48-30-34-12-4-5-13-37(34)42-43(38-14-6-7-15-39(38)48)49(47-46-42)27-29-54-35-24-20-33(21-25-35)44(52)56-36-22-18-32(31-58)19-23-36/h4-7,12-15,18-25,53,58H,2-3,8-11,16-17,26-31H2,1H3,(H,45,50). The number of carbonyl (C=O) groups is 3. The van der Waals surface area contributed by atoms with Crippen LogP contribution in [-0.2, 0) is 33.0 Å².